The van der Waals surface area contributed by atoms with Gasteiger partial charge < -0.3 is 66.7 Å². The van der Waals surface area contributed by atoms with Gasteiger partial charge in [0, 0.05) is 12.8 Å². The number of unbranched alkanes of at least 4 members (excludes halogenated alkanes) is 14. The van der Waals surface area contributed by atoms with Crippen molar-refractivity contribution in [2.24, 2.45) is 0 Å². The number of esters is 2. The molecule has 18 heteroatoms. The Morgan fingerprint density at radius 3 is 0.738 bits per heavy atom. The molecule has 0 rings (SSSR count). The van der Waals surface area contributed by atoms with Gasteiger partial charge in [-0.1, -0.05) is 96.8 Å². The highest BCUT2D eigenvalue weighted by Crippen LogP contribution is 2.14. The van der Waals surface area contributed by atoms with Gasteiger partial charge in [-0.2, -0.15) is 0 Å². The second kappa shape index (κ2) is 54.2. The minimum Gasteiger partial charge on any atom is -0.476 e. The highest BCUT2D eigenvalue weighted by atomic mass is 16.6. The summed E-state index contributed by atoms with van der Waals surface area (Å²) in [6.07, 6.45) is 19.4. The minimum absolute atomic E-state index is 0.00933. The third-order valence-electron chi connectivity index (χ3n) is 9.48. The van der Waals surface area contributed by atoms with Gasteiger partial charge in [0.2, 0.25) is 5.78 Å². The predicted octanol–water partition coefficient (Wildman–Crippen LogP) is 5.95. The van der Waals surface area contributed by atoms with E-state index in [1.807, 2.05) is 0 Å². The Morgan fingerprint density at radius 2 is 0.492 bits per heavy atom. The first kappa shape index (κ1) is 62.6. The lowest BCUT2D eigenvalue weighted by Crippen LogP contribution is -2.17. The SMILES string of the molecule is CCCCCCCCCCCCCCCCCC(=O)OCCOCCOCCOCCOCCOCCOCCOCCOCCOCCOCCOCCOC(=O)CCC(=O)C(=O)O. The molecule has 0 aromatic rings. The van der Waals surface area contributed by atoms with Gasteiger partial charge in [-0.25, -0.2) is 4.79 Å². The van der Waals surface area contributed by atoms with Gasteiger partial charge in [-0.3, -0.25) is 14.4 Å². The molecule has 0 aliphatic heterocycles. The third kappa shape index (κ3) is 54.1. The molecule has 0 aliphatic rings. The van der Waals surface area contributed by atoms with Gasteiger partial charge >= 0.3 is 17.9 Å². The van der Waals surface area contributed by atoms with Crippen LogP contribution in [0.2, 0.25) is 0 Å². The Morgan fingerprint density at radius 1 is 0.277 bits per heavy atom. The molecule has 0 fully saturated rings. The molecule has 1 N–H and O–H groups in total. The number of carboxylic acids is 1. The van der Waals surface area contributed by atoms with Crippen molar-refractivity contribution in [2.45, 2.75) is 122 Å². The monoisotopic (exact) mass is 941 g/mol. The maximum Gasteiger partial charge on any atom is 0.372 e. The number of rotatable bonds is 56. The van der Waals surface area contributed by atoms with E-state index >= 15 is 0 Å². The van der Waals surface area contributed by atoms with Gasteiger partial charge in [0.1, 0.15) is 13.2 Å². The van der Waals surface area contributed by atoms with Crippen LogP contribution in [0.25, 0.3) is 0 Å². The van der Waals surface area contributed by atoms with Crippen LogP contribution in [0.5, 0.6) is 0 Å². The molecule has 65 heavy (non-hydrogen) atoms. The van der Waals surface area contributed by atoms with Crippen LogP contribution in [0.1, 0.15) is 122 Å². The van der Waals surface area contributed by atoms with E-state index in [0.29, 0.717) is 145 Å². The lowest BCUT2D eigenvalue weighted by molar-refractivity contribution is -0.151. The summed E-state index contributed by atoms with van der Waals surface area (Å²) in [6, 6.07) is 0. The zero-order valence-electron chi connectivity index (χ0n) is 40.1. The summed E-state index contributed by atoms with van der Waals surface area (Å²) in [6.45, 7) is 11.9. The Balaban J connectivity index is 3.16. The number of carboxylic acid groups (broad SMARTS) is 1. The fourth-order valence-corrected chi connectivity index (χ4v) is 5.84. The van der Waals surface area contributed by atoms with Crippen LogP contribution in [-0.2, 0) is 80.8 Å². The number of carbonyl (C=O) groups excluding carboxylic acids is 3. The molecule has 0 aromatic carbocycles. The Kier molecular flexibility index (Phi) is 52.3. The average Bonchev–Trinajstić information content (AvgIpc) is 3.30. The zero-order chi connectivity index (χ0) is 47.2. The highest BCUT2D eigenvalue weighted by molar-refractivity contribution is 6.32. The molecule has 0 aliphatic carbocycles. The molecule has 0 atom stereocenters. The second-order valence-corrected chi connectivity index (χ2v) is 15.1. The lowest BCUT2D eigenvalue weighted by Gasteiger charge is -2.09. The Labute approximate surface area is 389 Å². The molecule has 0 saturated heterocycles. The van der Waals surface area contributed by atoms with E-state index in [-0.39, 0.29) is 38.6 Å². The van der Waals surface area contributed by atoms with E-state index < -0.39 is 17.7 Å². The summed E-state index contributed by atoms with van der Waals surface area (Å²) < 4.78 is 70.1. The quantitative estimate of drug-likeness (QED) is 0.0424. The van der Waals surface area contributed by atoms with Gasteiger partial charge in [0.05, 0.1) is 152 Å². The van der Waals surface area contributed by atoms with Crippen molar-refractivity contribution in [2.75, 3.05) is 159 Å². The molecular weight excluding hydrogens is 852 g/mol. The topological polar surface area (TPSA) is 208 Å². The zero-order valence-corrected chi connectivity index (χ0v) is 40.1. The van der Waals surface area contributed by atoms with E-state index in [9.17, 15) is 19.2 Å². The number of Topliss-reactive ketones (excluding diaryl/α,β-unsaturated/α-hetero) is 1. The van der Waals surface area contributed by atoms with Crippen LogP contribution < -0.4 is 0 Å². The maximum absolute atomic E-state index is 11.9. The first-order chi connectivity index (χ1) is 32.0. The third-order valence-corrected chi connectivity index (χ3v) is 9.48. The molecule has 0 radical (unpaired) electrons. The molecule has 0 amide bonds. The van der Waals surface area contributed by atoms with Crippen LogP contribution in [0.3, 0.4) is 0 Å². The van der Waals surface area contributed by atoms with Crippen molar-refractivity contribution >= 4 is 23.7 Å². The molecular formula is C47H88O18. The molecule has 0 bridgehead atoms. The summed E-state index contributed by atoms with van der Waals surface area (Å²) in [5, 5.41) is 8.47. The van der Waals surface area contributed by atoms with E-state index in [1.54, 1.807) is 0 Å². The number of hydrogen-bond acceptors (Lipinski definition) is 17. The minimum atomic E-state index is -1.57. The van der Waals surface area contributed by atoms with Crippen molar-refractivity contribution in [3.63, 3.8) is 0 Å². The molecule has 0 heterocycles. The summed E-state index contributed by atoms with van der Waals surface area (Å²) in [7, 11) is 0. The fourth-order valence-electron chi connectivity index (χ4n) is 5.84. The smallest absolute Gasteiger partial charge is 0.372 e. The first-order valence-corrected chi connectivity index (χ1v) is 24.4. The first-order valence-electron chi connectivity index (χ1n) is 24.4. The summed E-state index contributed by atoms with van der Waals surface area (Å²) in [5.74, 6) is -3.39. The fraction of sp³-hybridized carbons (Fsp3) is 0.915. The van der Waals surface area contributed by atoms with Crippen molar-refractivity contribution < 1.29 is 85.9 Å². The number of carbonyl (C=O) groups is 4. The molecule has 0 unspecified atom stereocenters. The van der Waals surface area contributed by atoms with Crippen LogP contribution in [0, 0.1) is 0 Å². The largest absolute Gasteiger partial charge is 0.476 e. The van der Waals surface area contributed by atoms with Crippen molar-refractivity contribution in [1.82, 2.24) is 0 Å². The summed E-state index contributed by atoms with van der Waals surface area (Å²) in [4.78, 5) is 44.7. The normalized spacial score (nSPS) is 11.3. The van der Waals surface area contributed by atoms with Gasteiger partial charge in [-0.05, 0) is 6.42 Å². The van der Waals surface area contributed by atoms with E-state index in [0.717, 1.165) is 12.8 Å². The molecule has 0 saturated carbocycles. The van der Waals surface area contributed by atoms with Gasteiger partial charge in [-0.15, -0.1) is 0 Å². The van der Waals surface area contributed by atoms with Gasteiger partial charge in [0.25, 0.3) is 0 Å². The molecule has 0 aromatic heterocycles. The van der Waals surface area contributed by atoms with Crippen molar-refractivity contribution in [3.8, 4) is 0 Å². The average molecular weight is 941 g/mol. The van der Waals surface area contributed by atoms with Gasteiger partial charge in [0.15, 0.2) is 0 Å². The highest BCUT2D eigenvalue weighted by Gasteiger charge is 2.14. The second-order valence-electron chi connectivity index (χ2n) is 15.1. The van der Waals surface area contributed by atoms with Crippen LogP contribution in [-0.4, -0.2) is 187 Å². The standard InChI is InChI=1S/C47H88O18/c1-2-3-4-5-6-7-8-9-10-11-12-13-14-15-16-17-45(49)64-42-40-62-38-36-60-34-32-58-30-28-56-26-24-54-22-20-53-21-23-55-25-27-57-29-31-59-33-35-61-37-39-63-41-43-65-46(50)19-18-44(48)47(51)52/h2-43H2,1H3,(H,51,52). The molecule has 384 valence electrons. The summed E-state index contributed by atoms with van der Waals surface area (Å²) in [5.41, 5.74) is 0. The maximum atomic E-state index is 11.9. The number of aliphatic carboxylic acids is 1. The predicted molar refractivity (Wildman–Crippen MR) is 242 cm³/mol. The Bertz CT molecular complexity index is 1040. The van der Waals surface area contributed by atoms with Crippen molar-refractivity contribution in [1.29, 1.82) is 0 Å². The number of ketones is 1. The van der Waals surface area contributed by atoms with Crippen LogP contribution in [0.4, 0.5) is 0 Å². The molecule has 0 spiro atoms. The lowest BCUT2D eigenvalue weighted by atomic mass is 10.0. The van der Waals surface area contributed by atoms with Crippen molar-refractivity contribution in [3.05, 3.63) is 0 Å². The van der Waals surface area contributed by atoms with Crippen LogP contribution in [0.15, 0.2) is 0 Å². The van der Waals surface area contributed by atoms with E-state index in [4.69, 9.17) is 66.7 Å². The van der Waals surface area contributed by atoms with Crippen LogP contribution >= 0.6 is 0 Å². The number of hydrogen-bond donors (Lipinski definition) is 1. The van der Waals surface area contributed by atoms with E-state index in [1.165, 1.54) is 83.5 Å². The van der Waals surface area contributed by atoms with E-state index in [2.05, 4.69) is 6.92 Å². The molecule has 18 nitrogen and oxygen atoms in total. The Hall–Kier alpha value is -2.36. The summed E-state index contributed by atoms with van der Waals surface area (Å²) >= 11 is 0. The number of ether oxygens (including phenoxy) is 13.